The molecule has 0 bridgehead atoms. The first kappa shape index (κ1) is 16.0. The van der Waals surface area contributed by atoms with Gasteiger partial charge in [0, 0.05) is 12.6 Å². The van der Waals surface area contributed by atoms with Crippen molar-refractivity contribution in [3.8, 4) is 0 Å². The molecule has 0 radical (unpaired) electrons. The zero-order valence-electron chi connectivity index (χ0n) is 12.9. The largest absolute Gasteiger partial charge is 0.369 e. The summed E-state index contributed by atoms with van der Waals surface area (Å²) in [5.41, 5.74) is 7.40. The van der Waals surface area contributed by atoms with E-state index >= 15 is 0 Å². The minimum Gasteiger partial charge on any atom is -0.369 e. The fourth-order valence-electron chi connectivity index (χ4n) is 2.72. The number of anilines is 1. The molecule has 1 unspecified atom stereocenters. The van der Waals surface area contributed by atoms with Crippen LogP contribution in [0.5, 0.6) is 0 Å². The van der Waals surface area contributed by atoms with E-state index in [1.807, 2.05) is 18.7 Å². The molecule has 2 aromatic rings. The molecule has 1 atom stereocenters. The topological polar surface area (TPSA) is 47.1 Å². The zero-order chi connectivity index (χ0) is 15.7. The Kier molecular flexibility index (Phi) is 4.74. The average molecular weight is 313 g/mol. The molecule has 21 heavy (non-hydrogen) atoms. The Morgan fingerprint density at radius 1 is 1.38 bits per heavy atom. The number of hydrogen-bond donors (Lipinski definition) is 1. The quantitative estimate of drug-likeness (QED) is 0.918. The normalized spacial score (nSPS) is 13.5. The lowest BCUT2D eigenvalue weighted by atomic mass is 10.0. The zero-order valence-corrected chi connectivity index (χ0v) is 13.7. The summed E-state index contributed by atoms with van der Waals surface area (Å²) < 4.78 is 15.7. The Labute approximate surface area is 129 Å². The SMILES string of the molecule is CC(C)CC(CN(C)C)n1c(N)nc2cc(Cl)c(F)cc21. The van der Waals surface area contributed by atoms with E-state index < -0.39 is 5.82 Å². The number of rotatable bonds is 5. The van der Waals surface area contributed by atoms with E-state index in [4.69, 9.17) is 17.3 Å². The van der Waals surface area contributed by atoms with Gasteiger partial charge in [-0.2, -0.15) is 0 Å². The van der Waals surface area contributed by atoms with Crippen LogP contribution in [-0.4, -0.2) is 35.1 Å². The number of nitrogen functional groups attached to an aromatic ring is 1. The maximum atomic E-state index is 13.8. The van der Waals surface area contributed by atoms with Gasteiger partial charge >= 0.3 is 0 Å². The molecule has 0 fully saturated rings. The Hall–Kier alpha value is -1.33. The standard InChI is InChI=1S/C15H22ClFN4/c1-9(2)5-10(8-20(3)4)21-14-7-12(17)11(16)6-13(14)19-15(21)18/h6-7,9-10H,5,8H2,1-4H3,(H2,18,19). The number of likely N-dealkylation sites (N-methyl/N-ethyl adjacent to an activating group) is 1. The molecule has 0 aliphatic rings. The van der Waals surface area contributed by atoms with Crippen molar-refractivity contribution < 1.29 is 4.39 Å². The summed E-state index contributed by atoms with van der Waals surface area (Å²) >= 11 is 5.82. The molecule has 4 nitrogen and oxygen atoms in total. The maximum Gasteiger partial charge on any atom is 0.201 e. The fraction of sp³-hybridized carbons (Fsp3) is 0.533. The first-order valence-electron chi connectivity index (χ1n) is 7.06. The lowest BCUT2D eigenvalue weighted by Crippen LogP contribution is -2.26. The lowest BCUT2D eigenvalue weighted by Gasteiger charge is -2.25. The van der Waals surface area contributed by atoms with Gasteiger partial charge in [0.1, 0.15) is 5.82 Å². The Bertz CT molecular complexity index is 626. The van der Waals surface area contributed by atoms with Gasteiger partial charge in [-0.15, -0.1) is 0 Å². The third-order valence-corrected chi connectivity index (χ3v) is 3.73. The highest BCUT2D eigenvalue weighted by atomic mass is 35.5. The molecule has 0 aliphatic carbocycles. The molecular weight excluding hydrogens is 291 g/mol. The van der Waals surface area contributed by atoms with Crippen LogP contribution < -0.4 is 5.73 Å². The second kappa shape index (κ2) is 6.20. The van der Waals surface area contributed by atoms with Crippen molar-refractivity contribution in [1.82, 2.24) is 14.5 Å². The highest BCUT2D eigenvalue weighted by Gasteiger charge is 2.21. The Morgan fingerprint density at radius 2 is 2.05 bits per heavy atom. The van der Waals surface area contributed by atoms with E-state index in [1.54, 1.807) is 0 Å². The van der Waals surface area contributed by atoms with Crippen molar-refractivity contribution in [2.75, 3.05) is 26.4 Å². The molecule has 2 N–H and O–H groups in total. The smallest absolute Gasteiger partial charge is 0.201 e. The van der Waals surface area contributed by atoms with E-state index in [-0.39, 0.29) is 11.1 Å². The van der Waals surface area contributed by atoms with E-state index in [1.165, 1.54) is 12.1 Å². The number of nitrogens with zero attached hydrogens (tertiary/aromatic N) is 3. The minimum atomic E-state index is -0.446. The van der Waals surface area contributed by atoms with Crippen LogP contribution in [0.15, 0.2) is 12.1 Å². The van der Waals surface area contributed by atoms with E-state index in [0.29, 0.717) is 22.9 Å². The number of benzene rings is 1. The summed E-state index contributed by atoms with van der Waals surface area (Å²) in [4.78, 5) is 6.42. The highest BCUT2D eigenvalue weighted by Crippen LogP contribution is 2.30. The summed E-state index contributed by atoms with van der Waals surface area (Å²) in [6, 6.07) is 3.09. The van der Waals surface area contributed by atoms with Crippen molar-refractivity contribution in [2.45, 2.75) is 26.3 Å². The molecule has 2 rings (SSSR count). The second-order valence-electron chi connectivity index (χ2n) is 6.14. The van der Waals surface area contributed by atoms with Gasteiger partial charge in [0.05, 0.1) is 22.1 Å². The molecule has 116 valence electrons. The molecule has 0 saturated heterocycles. The number of aromatic nitrogens is 2. The number of imidazole rings is 1. The van der Waals surface area contributed by atoms with E-state index in [9.17, 15) is 4.39 Å². The molecule has 0 aliphatic heterocycles. The van der Waals surface area contributed by atoms with Crippen molar-refractivity contribution in [2.24, 2.45) is 5.92 Å². The third-order valence-electron chi connectivity index (χ3n) is 3.44. The van der Waals surface area contributed by atoms with E-state index in [2.05, 4.69) is 23.7 Å². The maximum absolute atomic E-state index is 13.8. The van der Waals surface area contributed by atoms with Crippen LogP contribution >= 0.6 is 11.6 Å². The van der Waals surface area contributed by atoms with Crippen LogP contribution in [0.3, 0.4) is 0 Å². The van der Waals surface area contributed by atoms with Crippen LogP contribution in [0.4, 0.5) is 10.3 Å². The van der Waals surface area contributed by atoms with Gasteiger partial charge in [0.15, 0.2) is 0 Å². The van der Waals surface area contributed by atoms with Crippen molar-refractivity contribution in [3.63, 3.8) is 0 Å². The molecule has 1 aromatic heterocycles. The Balaban J connectivity index is 2.55. The summed E-state index contributed by atoms with van der Waals surface area (Å²) in [6.07, 6.45) is 0.943. The second-order valence-corrected chi connectivity index (χ2v) is 6.55. The predicted octanol–water partition coefficient (Wildman–Crippen LogP) is 3.56. The Morgan fingerprint density at radius 3 is 2.62 bits per heavy atom. The number of hydrogen-bond acceptors (Lipinski definition) is 3. The van der Waals surface area contributed by atoms with Gasteiger partial charge in [-0.25, -0.2) is 9.37 Å². The molecular formula is C15H22ClFN4. The number of halogens is 2. The number of fused-ring (bicyclic) bond motifs is 1. The van der Waals surface area contributed by atoms with Gasteiger partial charge < -0.3 is 15.2 Å². The molecule has 6 heteroatoms. The van der Waals surface area contributed by atoms with Crippen LogP contribution in [0.25, 0.3) is 11.0 Å². The molecule has 1 heterocycles. The fourth-order valence-corrected chi connectivity index (χ4v) is 2.88. The minimum absolute atomic E-state index is 0.0696. The van der Waals surface area contributed by atoms with Gasteiger partial charge in [-0.1, -0.05) is 25.4 Å². The summed E-state index contributed by atoms with van der Waals surface area (Å²) in [5, 5.41) is 0.0696. The van der Waals surface area contributed by atoms with Crippen LogP contribution in [-0.2, 0) is 0 Å². The molecule has 0 saturated carbocycles. The molecule has 1 aromatic carbocycles. The van der Waals surface area contributed by atoms with E-state index in [0.717, 1.165) is 13.0 Å². The monoisotopic (exact) mass is 312 g/mol. The first-order chi connectivity index (χ1) is 9.79. The van der Waals surface area contributed by atoms with Crippen LogP contribution in [0, 0.1) is 11.7 Å². The molecule has 0 amide bonds. The highest BCUT2D eigenvalue weighted by molar-refractivity contribution is 6.31. The summed E-state index contributed by atoms with van der Waals surface area (Å²) in [6.45, 7) is 5.14. The van der Waals surface area contributed by atoms with Gasteiger partial charge in [-0.3, -0.25) is 0 Å². The van der Waals surface area contributed by atoms with Crippen molar-refractivity contribution >= 4 is 28.6 Å². The lowest BCUT2D eigenvalue weighted by molar-refractivity contribution is 0.294. The predicted molar refractivity (Wildman–Crippen MR) is 86.2 cm³/mol. The van der Waals surface area contributed by atoms with Crippen LogP contribution in [0.1, 0.15) is 26.3 Å². The third kappa shape index (κ3) is 3.47. The number of nitrogens with two attached hydrogens (primary N) is 1. The van der Waals surface area contributed by atoms with Crippen molar-refractivity contribution in [1.29, 1.82) is 0 Å². The van der Waals surface area contributed by atoms with Crippen molar-refractivity contribution in [3.05, 3.63) is 23.0 Å². The van der Waals surface area contributed by atoms with Crippen LogP contribution in [0.2, 0.25) is 5.02 Å². The van der Waals surface area contributed by atoms with Gasteiger partial charge in [0.25, 0.3) is 0 Å². The summed E-state index contributed by atoms with van der Waals surface area (Å²) in [7, 11) is 4.03. The average Bonchev–Trinajstić information content (AvgIpc) is 2.63. The summed E-state index contributed by atoms with van der Waals surface area (Å²) in [5.74, 6) is 0.460. The molecule has 0 spiro atoms. The van der Waals surface area contributed by atoms with Gasteiger partial charge in [0.2, 0.25) is 5.95 Å². The van der Waals surface area contributed by atoms with Gasteiger partial charge in [-0.05, 0) is 32.5 Å². The first-order valence-corrected chi connectivity index (χ1v) is 7.44.